The highest BCUT2D eigenvalue weighted by atomic mass is 16.6. The normalized spacial score (nSPS) is 13.0. The molecule has 1 amide bonds. The Morgan fingerprint density at radius 1 is 1.38 bits per heavy atom. The number of aromatic nitrogens is 2. The van der Waals surface area contributed by atoms with Crippen LogP contribution in [0.25, 0.3) is 0 Å². The molecule has 0 bridgehead atoms. The van der Waals surface area contributed by atoms with Crippen LogP contribution in [0, 0.1) is 17.0 Å². The van der Waals surface area contributed by atoms with Crippen LogP contribution in [0.3, 0.4) is 0 Å². The number of nitrogens with one attached hydrogen (secondary N) is 2. The highest BCUT2D eigenvalue weighted by molar-refractivity contribution is 5.86. The quantitative estimate of drug-likeness (QED) is 0.295. The number of rotatable bonds is 11. The number of hydrogen-bond donors (Lipinski definition) is 4. The second kappa shape index (κ2) is 9.46. The molecule has 144 valence electrons. The molecule has 0 aliphatic rings. The number of carbonyl (C=O) groups is 3. The predicted octanol–water partition coefficient (Wildman–Crippen LogP) is -0.488. The van der Waals surface area contributed by atoms with Gasteiger partial charge in [-0.3, -0.25) is 9.59 Å². The molecule has 12 heteroatoms. The van der Waals surface area contributed by atoms with E-state index in [-0.39, 0.29) is 31.7 Å². The van der Waals surface area contributed by atoms with Crippen LogP contribution in [-0.2, 0) is 20.9 Å². The van der Waals surface area contributed by atoms with Gasteiger partial charge in [-0.15, -0.1) is 0 Å². The Bertz CT molecular complexity index is 687. The van der Waals surface area contributed by atoms with Crippen molar-refractivity contribution in [2.75, 3.05) is 6.54 Å². The van der Waals surface area contributed by atoms with E-state index in [0.717, 1.165) is 6.20 Å². The van der Waals surface area contributed by atoms with Gasteiger partial charge in [0.15, 0.2) is 5.82 Å². The molecule has 1 heterocycles. The lowest BCUT2D eigenvalue weighted by molar-refractivity contribution is -0.392. The van der Waals surface area contributed by atoms with Gasteiger partial charge in [0.2, 0.25) is 5.91 Å². The van der Waals surface area contributed by atoms with Gasteiger partial charge in [0.1, 0.15) is 18.8 Å². The largest absolute Gasteiger partial charge is 0.481 e. The average molecular weight is 371 g/mol. The number of aryl methyl sites for hydroxylation is 1. The molecule has 4 N–H and O–H groups in total. The van der Waals surface area contributed by atoms with Crippen molar-refractivity contribution in [2.45, 2.75) is 45.3 Å². The van der Waals surface area contributed by atoms with E-state index < -0.39 is 34.9 Å². The first kappa shape index (κ1) is 21.0. The zero-order valence-corrected chi connectivity index (χ0v) is 14.3. The minimum Gasteiger partial charge on any atom is -0.481 e. The van der Waals surface area contributed by atoms with Gasteiger partial charge < -0.3 is 31.0 Å². The molecule has 0 saturated heterocycles. The van der Waals surface area contributed by atoms with Crippen LogP contribution < -0.4 is 10.6 Å². The summed E-state index contributed by atoms with van der Waals surface area (Å²) < 4.78 is 1.38. The van der Waals surface area contributed by atoms with Crippen LogP contribution in [-0.4, -0.2) is 61.2 Å². The summed E-state index contributed by atoms with van der Waals surface area (Å²) in [4.78, 5) is 47.8. The summed E-state index contributed by atoms with van der Waals surface area (Å²) in [6.45, 7) is 3.52. The first-order valence-electron chi connectivity index (χ1n) is 7.78. The molecule has 2 atom stereocenters. The third-order valence-electron chi connectivity index (χ3n) is 3.66. The maximum Gasteiger partial charge on any atom is 0.342 e. The van der Waals surface area contributed by atoms with E-state index in [4.69, 9.17) is 10.2 Å². The van der Waals surface area contributed by atoms with Gasteiger partial charge in [0, 0.05) is 19.9 Å². The van der Waals surface area contributed by atoms with Crippen LogP contribution in [0.2, 0.25) is 0 Å². The first-order valence-corrected chi connectivity index (χ1v) is 7.78. The van der Waals surface area contributed by atoms with Gasteiger partial charge in [0.25, 0.3) is 0 Å². The predicted molar refractivity (Wildman–Crippen MR) is 87.5 cm³/mol. The van der Waals surface area contributed by atoms with E-state index in [9.17, 15) is 24.5 Å². The molecule has 0 aromatic carbocycles. The third-order valence-corrected chi connectivity index (χ3v) is 3.66. The Morgan fingerprint density at radius 3 is 2.58 bits per heavy atom. The summed E-state index contributed by atoms with van der Waals surface area (Å²) in [5.74, 6) is -2.80. The minimum absolute atomic E-state index is 0.166. The highest BCUT2D eigenvalue weighted by Crippen LogP contribution is 2.12. The van der Waals surface area contributed by atoms with Gasteiger partial charge in [-0.2, -0.15) is 0 Å². The molecule has 0 spiro atoms. The van der Waals surface area contributed by atoms with Gasteiger partial charge in [-0.1, -0.05) is 0 Å². The number of nitrogens with zero attached hydrogens (tertiary/aromatic N) is 3. The van der Waals surface area contributed by atoms with Crippen molar-refractivity contribution in [1.82, 2.24) is 20.2 Å². The number of nitro groups is 1. The summed E-state index contributed by atoms with van der Waals surface area (Å²) >= 11 is 0. The summed E-state index contributed by atoms with van der Waals surface area (Å²) in [6.07, 6.45) is 0.525. The SMILES string of the molecule is Cc1ncc([N+](=O)[O-])n1CCNC(C)C(=O)NC(CCC(=O)O)C(=O)O. The van der Waals surface area contributed by atoms with Gasteiger partial charge in [0.05, 0.1) is 6.04 Å². The van der Waals surface area contributed by atoms with Crippen molar-refractivity contribution < 1.29 is 29.5 Å². The zero-order valence-electron chi connectivity index (χ0n) is 14.3. The Balaban J connectivity index is 2.54. The standard InChI is InChI=1S/C14H21N5O7/c1-8(13(22)17-10(14(23)24)3-4-12(20)21)15-5-6-18-9(2)16-7-11(18)19(25)26/h7-8,10,15H,3-6H2,1-2H3,(H,17,22)(H,20,21)(H,23,24). The van der Waals surface area contributed by atoms with Crippen LogP contribution >= 0.6 is 0 Å². The fourth-order valence-electron chi connectivity index (χ4n) is 2.19. The zero-order chi connectivity index (χ0) is 19.9. The van der Waals surface area contributed by atoms with Crippen molar-refractivity contribution in [1.29, 1.82) is 0 Å². The van der Waals surface area contributed by atoms with Crippen LogP contribution in [0.4, 0.5) is 5.82 Å². The van der Waals surface area contributed by atoms with Gasteiger partial charge in [-0.05, 0) is 18.3 Å². The van der Waals surface area contributed by atoms with E-state index in [2.05, 4.69) is 15.6 Å². The van der Waals surface area contributed by atoms with E-state index in [1.165, 1.54) is 11.5 Å². The number of imidazole rings is 1. The molecular weight excluding hydrogens is 350 g/mol. The van der Waals surface area contributed by atoms with Crippen LogP contribution in [0.15, 0.2) is 6.20 Å². The van der Waals surface area contributed by atoms with E-state index in [0.29, 0.717) is 5.82 Å². The second-order valence-electron chi connectivity index (χ2n) is 5.58. The second-order valence-corrected chi connectivity index (χ2v) is 5.58. The molecule has 1 aromatic rings. The molecule has 1 aromatic heterocycles. The summed E-state index contributed by atoms with van der Waals surface area (Å²) in [7, 11) is 0. The molecule has 0 saturated carbocycles. The smallest absolute Gasteiger partial charge is 0.342 e. The van der Waals surface area contributed by atoms with E-state index in [1.54, 1.807) is 6.92 Å². The Hall–Kier alpha value is -3.02. The maximum absolute atomic E-state index is 12.0. The highest BCUT2D eigenvalue weighted by Gasteiger charge is 2.24. The topological polar surface area (TPSA) is 177 Å². The van der Waals surface area contributed by atoms with E-state index >= 15 is 0 Å². The molecule has 0 radical (unpaired) electrons. The van der Waals surface area contributed by atoms with Gasteiger partial charge in [-0.25, -0.2) is 14.3 Å². The number of carboxylic acid groups (broad SMARTS) is 2. The van der Waals surface area contributed by atoms with Crippen molar-refractivity contribution >= 4 is 23.7 Å². The lowest BCUT2D eigenvalue weighted by Crippen LogP contribution is -2.49. The first-order chi connectivity index (χ1) is 12.1. The number of amides is 1. The lowest BCUT2D eigenvalue weighted by Gasteiger charge is -2.18. The van der Waals surface area contributed by atoms with Crippen molar-refractivity contribution in [3.63, 3.8) is 0 Å². The summed E-state index contributed by atoms with van der Waals surface area (Å²) in [6, 6.07) is -2.08. The average Bonchev–Trinajstić information content (AvgIpc) is 2.91. The molecule has 0 aliphatic carbocycles. The number of hydrogen-bond acceptors (Lipinski definition) is 7. The van der Waals surface area contributed by atoms with Crippen LogP contribution in [0.1, 0.15) is 25.6 Å². The number of aliphatic carboxylic acids is 2. The maximum atomic E-state index is 12.0. The Kier molecular flexibility index (Phi) is 7.65. The molecule has 0 fully saturated rings. The molecule has 1 rings (SSSR count). The van der Waals surface area contributed by atoms with Crippen molar-refractivity contribution in [3.8, 4) is 0 Å². The van der Waals surface area contributed by atoms with Crippen molar-refractivity contribution in [3.05, 3.63) is 22.1 Å². The molecular formula is C14H21N5O7. The number of carboxylic acids is 2. The molecule has 0 aliphatic heterocycles. The molecule has 2 unspecified atom stereocenters. The lowest BCUT2D eigenvalue weighted by atomic mass is 10.1. The van der Waals surface area contributed by atoms with Gasteiger partial charge >= 0.3 is 17.8 Å². The number of carbonyl (C=O) groups excluding carboxylic acids is 1. The Morgan fingerprint density at radius 2 is 2.04 bits per heavy atom. The fraction of sp³-hybridized carbons (Fsp3) is 0.571. The Labute approximate surface area is 148 Å². The summed E-state index contributed by atoms with van der Waals surface area (Å²) in [5.41, 5.74) is 0. The molecule has 12 nitrogen and oxygen atoms in total. The monoisotopic (exact) mass is 371 g/mol. The van der Waals surface area contributed by atoms with Crippen molar-refractivity contribution in [2.24, 2.45) is 0 Å². The molecule has 26 heavy (non-hydrogen) atoms. The third kappa shape index (κ3) is 6.12. The fourth-order valence-corrected chi connectivity index (χ4v) is 2.19. The summed E-state index contributed by atoms with van der Waals surface area (Å²) in [5, 5.41) is 33.6. The van der Waals surface area contributed by atoms with E-state index in [1.807, 2.05) is 0 Å². The minimum atomic E-state index is -1.32. The van der Waals surface area contributed by atoms with Crippen LogP contribution in [0.5, 0.6) is 0 Å².